The van der Waals surface area contributed by atoms with E-state index in [2.05, 4.69) is 0 Å². The highest BCUT2D eigenvalue weighted by atomic mass is 16.6. The summed E-state index contributed by atoms with van der Waals surface area (Å²) in [4.78, 5) is 20.8. The number of phenols is 2. The zero-order chi connectivity index (χ0) is 28.2. The summed E-state index contributed by atoms with van der Waals surface area (Å²) in [6, 6.07) is 23.1. The van der Waals surface area contributed by atoms with Crippen molar-refractivity contribution in [3.05, 3.63) is 127 Å². The average Bonchev–Trinajstić information content (AvgIpc) is 2.97. The first-order valence-corrected chi connectivity index (χ1v) is 12.7. The Morgan fingerprint density at radius 2 is 1.05 bits per heavy atom. The average molecular weight is 543 g/mol. The molecular formula is C30H26N2O8. The molecule has 2 atom stereocenters. The molecule has 10 heteroatoms. The van der Waals surface area contributed by atoms with E-state index < -0.39 is 9.85 Å². The van der Waals surface area contributed by atoms with Gasteiger partial charge in [-0.25, -0.2) is 0 Å². The van der Waals surface area contributed by atoms with Crippen molar-refractivity contribution in [2.75, 3.05) is 0 Å². The third-order valence-corrected chi connectivity index (χ3v) is 6.88. The van der Waals surface area contributed by atoms with Crippen molar-refractivity contribution in [2.24, 2.45) is 0 Å². The first-order valence-electron chi connectivity index (χ1n) is 12.7. The summed E-state index contributed by atoms with van der Waals surface area (Å²) in [5, 5.41) is 40.5. The number of fused-ring (bicyclic) bond motifs is 2. The van der Waals surface area contributed by atoms with Gasteiger partial charge in [-0.2, -0.15) is 0 Å². The molecule has 0 spiro atoms. The van der Waals surface area contributed by atoms with Gasteiger partial charge in [0, 0.05) is 24.3 Å². The van der Waals surface area contributed by atoms with Gasteiger partial charge in [-0.15, -0.1) is 0 Å². The zero-order valence-corrected chi connectivity index (χ0v) is 21.3. The number of nitro groups is 2. The highest BCUT2D eigenvalue weighted by Crippen LogP contribution is 2.38. The molecular weight excluding hydrogens is 516 g/mol. The maximum absolute atomic E-state index is 10.8. The molecule has 0 aromatic heterocycles. The van der Waals surface area contributed by atoms with Gasteiger partial charge in [0.25, 0.3) is 11.4 Å². The van der Waals surface area contributed by atoms with Crippen LogP contribution in [0.25, 0.3) is 0 Å². The number of hydrogen-bond acceptors (Lipinski definition) is 8. The molecule has 0 saturated carbocycles. The van der Waals surface area contributed by atoms with E-state index in [0.29, 0.717) is 0 Å². The molecule has 0 aliphatic carbocycles. The molecule has 10 nitrogen and oxygen atoms in total. The van der Waals surface area contributed by atoms with Crippen LogP contribution in [0.15, 0.2) is 84.9 Å². The minimum Gasteiger partial charge on any atom is -0.508 e. The van der Waals surface area contributed by atoms with Crippen molar-refractivity contribution >= 4 is 11.4 Å². The van der Waals surface area contributed by atoms with Crippen LogP contribution in [0.3, 0.4) is 0 Å². The molecule has 2 aliphatic heterocycles. The number of nitrogens with zero attached hydrogens (tertiary/aromatic N) is 2. The first-order chi connectivity index (χ1) is 19.3. The Kier molecular flexibility index (Phi) is 7.50. The van der Waals surface area contributed by atoms with Gasteiger partial charge < -0.3 is 19.7 Å². The van der Waals surface area contributed by atoms with Gasteiger partial charge in [0.2, 0.25) is 0 Å². The molecule has 0 saturated heterocycles. The Morgan fingerprint density at radius 3 is 1.45 bits per heavy atom. The lowest BCUT2D eigenvalue weighted by Crippen LogP contribution is -2.15. The van der Waals surface area contributed by atoms with Crippen molar-refractivity contribution in [1.82, 2.24) is 0 Å². The van der Waals surface area contributed by atoms with Crippen molar-refractivity contribution in [3.8, 4) is 23.0 Å². The predicted octanol–water partition coefficient (Wildman–Crippen LogP) is 6.73. The lowest BCUT2D eigenvalue weighted by atomic mass is 9.97. The van der Waals surface area contributed by atoms with E-state index in [1.807, 2.05) is 12.1 Å². The molecule has 4 aromatic carbocycles. The first kappa shape index (κ1) is 26.5. The Hall–Kier alpha value is -5.12. The van der Waals surface area contributed by atoms with Gasteiger partial charge in [-0.3, -0.25) is 20.2 Å². The molecule has 40 heavy (non-hydrogen) atoms. The summed E-state index contributed by atoms with van der Waals surface area (Å²) < 4.78 is 11.7. The summed E-state index contributed by atoms with van der Waals surface area (Å²) in [5.74, 6) is 1.90. The quantitative estimate of drug-likeness (QED) is 0.213. The Bertz CT molecular complexity index is 1450. The highest BCUT2D eigenvalue weighted by Gasteiger charge is 2.24. The third kappa shape index (κ3) is 5.96. The lowest BCUT2D eigenvalue weighted by Gasteiger charge is -2.26. The number of nitro benzene ring substituents is 2. The van der Waals surface area contributed by atoms with E-state index in [-0.39, 0.29) is 35.1 Å². The van der Waals surface area contributed by atoms with E-state index in [0.717, 1.165) is 59.4 Å². The van der Waals surface area contributed by atoms with Gasteiger partial charge in [-0.05, 0) is 84.3 Å². The summed E-state index contributed by atoms with van der Waals surface area (Å²) in [6.45, 7) is 0. The monoisotopic (exact) mass is 542 g/mol. The summed E-state index contributed by atoms with van der Waals surface area (Å²) in [7, 11) is 0. The number of hydrogen-bond donors (Lipinski definition) is 2. The number of phenolic OH excluding ortho intramolecular Hbond substituents is 2. The van der Waals surface area contributed by atoms with Gasteiger partial charge in [0.1, 0.15) is 35.2 Å². The van der Waals surface area contributed by atoms with Crippen LogP contribution < -0.4 is 9.47 Å². The van der Waals surface area contributed by atoms with Gasteiger partial charge in [0.15, 0.2) is 0 Å². The van der Waals surface area contributed by atoms with Gasteiger partial charge >= 0.3 is 0 Å². The maximum atomic E-state index is 10.8. The topological polar surface area (TPSA) is 145 Å². The van der Waals surface area contributed by atoms with E-state index in [1.54, 1.807) is 60.7 Å². The fourth-order valence-electron chi connectivity index (χ4n) is 4.90. The van der Waals surface area contributed by atoms with E-state index in [4.69, 9.17) is 9.47 Å². The lowest BCUT2D eigenvalue weighted by molar-refractivity contribution is -0.385. The van der Waals surface area contributed by atoms with Crippen LogP contribution in [-0.2, 0) is 12.8 Å². The molecule has 0 radical (unpaired) electrons. The molecule has 0 amide bonds. The van der Waals surface area contributed by atoms with Crippen molar-refractivity contribution in [3.63, 3.8) is 0 Å². The molecule has 0 fully saturated rings. The number of aryl methyl sites for hydroxylation is 2. The van der Waals surface area contributed by atoms with Gasteiger partial charge in [-0.1, -0.05) is 24.3 Å². The van der Waals surface area contributed by atoms with Crippen LogP contribution in [0.4, 0.5) is 11.4 Å². The van der Waals surface area contributed by atoms with E-state index >= 15 is 0 Å². The molecule has 2 unspecified atom stereocenters. The Balaban J connectivity index is 0.000000161. The fraction of sp³-hybridized carbons (Fsp3) is 0.200. The molecule has 0 bridgehead atoms. The summed E-state index contributed by atoms with van der Waals surface area (Å²) in [5.41, 5.74) is 3.68. The van der Waals surface area contributed by atoms with Crippen LogP contribution >= 0.6 is 0 Å². The Labute approximate surface area is 229 Å². The summed E-state index contributed by atoms with van der Waals surface area (Å²) in [6.07, 6.45) is 2.64. The standard InChI is InChI=1S/2C15H13NO4/c2*17-13-5-7-15-11(9-13)4-6-14(20-15)10-2-1-3-12(8-10)16(18)19/h2*1-3,5,7-9,14,17H,4,6H2. The van der Waals surface area contributed by atoms with Crippen molar-refractivity contribution in [1.29, 1.82) is 0 Å². The molecule has 2 aliphatic rings. The number of rotatable bonds is 4. The number of non-ortho nitro benzene ring substituents is 2. The number of benzene rings is 4. The molecule has 4 aromatic rings. The third-order valence-electron chi connectivity index (χ3n) is 6.88. The zero-order valence-electron chi connectivity index (χ0n) is 21.3. The van der Waals surface area contributed by atoms with Crippen LogP contribution in [-0.4, -0.2) is 20.1 Å². The van der Waals surface area contributed by atoms with E-state index in [1.165, 1.54) is 12.1 Å². The predicted molar refractivity (Wildman–Crippen MR) is 146 cm³/mol. The van der Waals surface area contributed by atoms with Crippen LogP contribution in [0.2, 0.25) is 0 Å². The molecule has 2 heterocycles. The van der Waals surface area contributed by atoms with Crippen LogP contribution in [0.1, 0.15) is 47.3 Å². The Morgan fingerprint density at radius 1 is 0.625 bits per heavy atom. The largest absolute Gasteiger partial charge is 0.508 e. The van der Waals surface area contributed by atoms with Crippen molar-refractivity contribution < 1.29 is 29.5 Å². The van der Waals surface area contributed by atoms with E-state index in [9.17, 15) is 30.4 Å². The van der Waals surface area contributed by atoms with Crippen LogP contribution in [0.5, 0.6) is 23.0 Å². The minimum atomic E-state index is -0.404. The second-order valence-corrected chi connectivity index (χ2v) is 9.58. The smallest absolute Gasteiger partial charge is 0.269 e. The molecule has 2 N–H and O–H groups in total. The normalized spacial score (nSPS) is 17.1. The van der Waals surface area contributed by atoms with Gasteiger partial charge in [0.05, 0.1) is 9.85 Å². The second-order valence-electron chi connectivity index (χ2n) is 9.58. The molecule has 204 valence electrons. The number of aromatic hydroxyl groups is 2. The highest BCUT2D eigenvalue weighted by molar-refractivity contribution is 5.44. The second kappa shape index (κ2) is 11.3. The SMILES string of the molecule is O=[N+]([O-])c1cccc(C2CCc3cc(O)ccc3O2)c1.O=[N+]([O-])c1cccc(C2CCc3cc(O)ccc3O2)c1. The van der Waals surface area contributed by atoms with Crippen molar-refractivity contribution in [2.45, 2.75) is 37.9 Å². The van der Waals surface area contributed by atoms with Crippen LogP contribution in [0, 0.1) is 20.2 Å². The summed E-state index contributed by atoms with van der Waals surface area (Å²) >= 11 is 0. The number of ether oxygens (including phenoxy) is 2. The maximum Gasteiger partial charge on any atom is 0.269 e. The molecule has 6 rings (SSSR count). The fourth-order valence-corrected chi connectivity index (χ4v) is 4.90. The minimum absolute atomic E-state index is 0.0719.